The number of carbonyl (C=O) groups excluding carboxylic acids is 1. The monoisotopic (exact) mass is 278 g/mol. The fraction of sp³-hybridized carbons (Fsp3) is 0.400. The van der Waals surface area contributed by atoms with Gasteiger partial charge in [0, 0.05) is 40.3 Å². The molecule has 0 amide bonds. The lowest BCUT2D eigenvalue weighted by Gasteiger charge is -2.07. The van der Waals surface area contributed by atoms with Gasteiger partial charge in [-0.2, -0.15) is 0 Å². The van der Waals surface area contributed by atoms with E-state index in [0.717, 1.165) is 22.2 Å². The van der Waals surface area contributed by atoms with Crippen LogP contribution in [0.5, 0.6) is 0 Å². The number of halogens is 1. The van der Waals surface area contributed by atoms with Crippen molar-refractivity contribution in [3.05, 3.63) is 34.5 Å². The molecule has 1 aromatic heterocycles. The number of hydrogen-bond acceptors (Lipinski definition) is 2. The van der Waals surface area contributed by atoms with Gasteiger partial charge in [0.2, 0.25) is 0 Å². The number of aromatic nitrogens is 1. The maximum atomic E-state index is 12.4. The van der Waals surface area contributed by atoms with Crippen LogP contribution < -0.4 is 5.32 Å². The van der Waals surface area contributed by atoms with E-state index in [1.807, 2.05) is 50.6 Å². The Balaban J connectivity index is 2.50. The van der Waals surface area contributed by atoms with E-state index in [9.17, 15) is 4.79 Å². The zero-order chi connectivity index (χ0) is 14.2. The number of nitrogens with one attached hydrogen (secondary N) is 1. The Labute approximate surface area is 118 Å². The van der Waals surface area contributed by atoms with E-state index in [1.54, 1.807) is 0 Å². The van der Waals surface area contributed by atoms with Crippen molar-refractivity contribution in [1.82, 2.24) is 9.88 Å². The number of carbonyl (C=O) groups is 1. The third-order valence-electron chi connectivity index (χ3n) is 3.40. The van der Waals surface area contributed by atoms with Gasteiger partial charge in [0.1, 0.15) is 0 Å². The van der Waals surface area contributed by atoms with Gasteiger partial charge in [0.25, 0.3) is 0 Å². The van der Waals surface area contributed by atoms with Crippen LogP contribution in [0.4, 0.5) is 0 Å². The van der Waals surface area contributed by atoms with E-state index in [4.69, 9.17) is 11.6 Å². The summed E-state index contributed by atoms with van der Waals surface area (Å²) < 4.78 is 2.04. The number of nitrogens with zero attached hydrogens (tertiary/aromatic N) is 1. The van der Waals surface area contributed by atoms with Gasteiger partial charge in [-0.1, -0.05) is 25.4 Å². The molecule has 0 bridgehead atoms. The predicted octanol–water partition coefficient (Wildman–Crippen LogP) is 3.32. The predicted molar refractivity (Wildman–Crippen MR) is 80.1 cm³/mol. The third-order valence-corrected chi connectivity index (χ3v) is 3.64. The quantitative estimate of drug-likeness (QED) is 0.871. The highest BCUT2D eigenvalue weighted by Gasteiger charge is 2.18. The summed E-state index contributed by atoms with van der Waals surface area (Å²) in [7, 11) is 1.97. The molecule has 0 atom stereocenters. The maximum Gasteiger partial charge on any atom is 0.179 e. The van der Waals surface area contributed by atoms with Gasteiger partial charge in [-0.25, -0.2) is 0 Å². The molecule has 0 aliphatic carbocycles. The van der Waals surface area contributed by atoms with E-state index >= 15 is 0 Å². The molecule has 1 N–H and O–H groups in total. The van der Waals surface area contributed by atoms with E-state index < -0.39 is 0 Å². The molecule has 0 unspecified atom stereocenters. The molecule has 102 valence electrons. The van der Waals surface area contributed by atoms with E-state index in [0.29, 0.717) is 17.6 Å². The highest BCUT2D eigenvalue weighted by Crippen LogP contribution is 2.27. The van der Waals surface area contributed by atoms with Crippen LogP contribution in [-0.2, 0) is 7.05 Å². The third kappa shape index (κ3) is 2.67. The second kappa shape index (κ2) is 5.35. The Morgan fingerprint density at radius 3 is 2.74 bits per heavy atom. The highest BCUT2D eigenvalue weighted by atomic mass is 35.5. The van der Waals surface area contributed by atoms with Crippen molar-refractivity contribution in [2.24, 2.45) is 7.05 Å². The van der Waals surface area contributed by atoms with Crippen LogP contribution in [0, 0.1) is 6.92 Å². The van der Waals surface area contributed by atoms with Gasteiger partial charge in [0.15, 0.2) is 5.78 Å². The summed E-state index contributed by atoms with van der Waals surface area (Å²) in [6.07, 6.45) is 0. The van der Waals surface area contributed by atoms with Crippen LogP contribution in [0.1, 0.15) is 29.9 Å². The van der Waals surface area contributed by atoms with Crippen molar-refractivity contribution in [3.8, 4) is 0 Å². The van der Waals surface area contributed by atoms with Crippen molar-refractivity contribution in [2.45, 2.75) is 26.8 Å². The molecule has 0 saturated heterocycles. The SMILES string of the molecule is Cc1c(C(=O)CNC(C)C)c2cc(Cl)ccc2n1C. The maximum absolute atomic E-state index is 12.4. The summed E-state index contributed by atoms with van der Waals surface area (Å²) in [5.41, 5.74) is 2.79. The fourth-order valence-corrected chi connectivity index (χ4v) is 2.45. The molecule has 0 aliphatic rings. The number of rotatable bonds is 4. The van der Waals surface area contributed by atoms with Gasteiger partial charge in [-0.3, -0.25) is 4.79 Å². The van der Waals surface area contributed by atoms with Crippen LogP contribution in [0.25, 0.3) is 10.9 Å². The minimum Gasteiger partial charge on any atom is -0.347 e. The number of ketones is 1. The molecule has 1 aromatic carbocycles. The Morgan fingerprint density at radius 1 is 1.42 bits per heavy atom. The van der Waals surface area contributed by atoms with Crippen molar-refractivity contribution >= 4 is 28.3 Å². The Kier molecular flexibility index (Phi) is 3.97. The van der Waals surface area contributed by atoms with Crippen LogP contribution >= 0.6 is 11.6 Å². The second-order valence-corrected chi connectivity index (χ2v) is 5.58. The number of hydrogen-bond donors (Lipinski definition) is 1. The molecule has 1 heterocycles. The van der Waals surface area contributed by atoms with Gasteiger partial charge >= 0.3 is 0 Å². The first-order chi connectivity index (χ1) is 8.91. The summed E-state index contributed by atoms with van der Waals surface area (Å²) in [5.74, 6) is 0.110. The van der Waals surface area contributed by atoms with Crippen LogP contribution in [-0.4, -0.2) is 22.9 Å². The van der Waals surface area contributed by atoms with Gasteiger partial charge in [-0.15, -0.1) is 0 Å². The summed E-state index contributed by atoms with van der Waals surface area (Å²) in [5, 5.41) is 4.76. The van der Waals surface area contributed by atoms with Crippen LogP contribution in [0.15, 0.2) is 18.2 Å². The molecular formula is C15H19ClN2O. The van der Waals surface area contributed by atoms with Gasteiger partial charge < -0.3 is 9.88 Å². The Bertz CT molecular complexity index is 629. The summed E-state index contributed by atoms with van der Waals surface area (Å²) in [6.45, 7) is 6.38. The lowest BCUT2D eigenvalue weighted by atomic mass is 10.1. The zero-order valence-electron chi connectivity index (χ0n) is 11.7. The molecule has 19 heavy (non-hydrogen) atoms. The average molecular weight is 279 g/mol. The molecular weight excluding hydrogens is 260 g/mol. The van der Waals surface area contributed by atoms with E-state index in [1.165, 1.54) is 0 Å². The topological polar surface area (TPSA) is 34.0 Å². The molecule has 0 spiro atoms. The number of benzene rings is 1. The fourth-order valence-electron chi connectivity index (χ4n) is 2.28. The lowest BCUT2D eigenvalue weighted by molar-refractivity contribution is 0.0989. The molecule has 2 rings (SSSR count). The standard InChI is InChI=1S/C15H19ClN2O/c1-9(2)17-8-14(19)15-10(3)18(4)13-6-5-11(16)7-12(13)15/h5-7,9,17H,8H2,1-4H3. The van der Waals surface area contributed by atoms with Crippen molar-refractivity contribution in [3.63, 3.8) is 0 Å². The van der Waals surface area contributed by atoms with Gasteiger partial charge in [-0.05, 0) is 25.1 Å². The van der Waals surface area contributed by atoms with Crippen LogP contribution in [0.2, 0.25) is 5.02 Å². The highest BCUT2D eigenvalue weighted by molar-refractivity contribution is 6.31. The molecule has 0 radical (unpaired) electrons. The van der Waals surface area contributed by atoms with Crippen LogP contribution in [0.3, 0.4) is 0 Å². The summed E-state index contributed by atoms with van der Waals surface area (Å²) >= 11 is 6.05. The minimum absolute atomic E-state index is 0.110. The minimum atomic E-state index is 0.110. The lowest BCUT2D eigenvalue weighted by Crippen LogP contribution is -2.29. The first kappa shape index (κ1) is 14.1. The van der Waals surface area contributed by atoms with Crippen molar-refractivity contribution in [1.29, 1.82) is 0 Å². The van der Waals surface area contributed by atoms with Crippen molar-refractivity contribution in [2.75, 3.05) is 6.54 Å². The molecule has 4 heteroatoms. The molecule has 2 aromatic rings. The first-order valence-corrected chi connectivity index (χ1v) is 6.80. The number of Topliss-reactive ketones (excluding diaryl/α,β-unsaturated/α-hetero) is 1. The van der Waals surface area contributed by atoms with Crippen molar-refractivity contribution < 1.29 is 4.79 Å². The molecule has 0 saturated carbocycles. The van der Waals surface area contributed by atoms with E-state index in [-0.39, 0.29) is 5.78 Å². The largest absolute Gasteiger partial charge is 0.347 e. The second-order valence-electron chi connectivity index (χ2n) is 5.14. The molecule has 3 nitrogen and oxygen atoms in total. The van der Waals surface area contributed by atoms with E-state index in [2.05, 4.69) is 5.32 Å². The first-order valence-electron chi connectivity index (χ1n) is 6.43. The summed E-state index contributed by atoms with van der Waals surface area (Å²) in [6, 6.07) is 5.97. The average Bonchev–Trinajstić information content (AvgIpc) is 2.59. The molecule has 0 fully saturated rings. The number of aryl methyl sites for hydroxylation is 1. The Hall–Kier alpha value is -1.32. The summed E-state index contributed by atoms with van der Waals surface area (Å²) in [4.78, 5) is 12.4. The normalized spacial score (nSPS) is 11.5. The zero-order valence-corrected chi connectivity index (χ0v) is 12.5. The smallest absolute Gasteiger partial charge is 0.179 e. The molecule has 0 aliphatic heterocycles. The Morgan fingerprint density at radius 2 is 2.11 bits per heavy atom. The number of fused-ring (bicyclic) bond motifs is 1. The van der Waals surface area contributed by atoms with Gasteiger partial charge in [0.05, 0.1) is 6.54 Å².